The fourth-order valence-electron chi connectivity index (χ4n) is 4.39. The molecule has 0 radical (unpaired) electrons. The van der Waals surface area contributed by atoms with E-state index in [-0.39, 0.29) is 10.8 Å². The van der Waals surface area contributed by atoms with E-state index in [1.807, 2.05) is 24.3 Å². The van der Waals surface area contributed by atoms with Gasteiger partial charge in [0.2, 0.25) is 10.0 Å². The second-order valence-corrected chi connectivity index (χ2v) is 11.4. The zero-order chi connectivity index (χ0) is 23.6. The van der Waals surface area contributed by atoms with Crippen molar-refractivity contribution in [2.75, 3.05) is 20.6 Å². The smallest absolute Gasteiger partial charge is 0.252 e. The van der Waals surface area contributed by atoms with Crippen LogP contribution in [0.25, 0.3) is 22.2 Å². The molecule has 0 spiro atoms. The zero-order valence-electron chi connectivity index (χ0n) is 19.4. The van der Waals surface area contributed by atoms with Crippen LogP contribution in [0.5, 0.6) is 0 Å². The quantitative estimate of drug-likeness (QED) is 0.572. The Balaban J connectivity index is 1.62. The van der Waals surface area contributed by atoms with Crippen LogP contribution in [0.1, 0.15) is 43.0 Å². The van der Waals surface area contributed by atoms with Gasteiger partial charge in [-0.1, -0.05) is 50.1 Å². The number of aromatic nitrogens is 1. The van der Waals surface area contributed by atoms with Gasteiger partial charge in [0.15, 0.2) is 0 Å². The molecule has 1 aliphatic carbocycles. The predicted octanol–water partition coefficient (Wildman–Crippen LogP) is 4.71. The van der Waals surface area contributed by atoms with Gasteiger partial charge in [-0.25, -0.2) is 17.7 Å². The Kier molecular flexibility index (Phi) is 6.81. The van der Waals surface area contributed by atoms with E-state index in [0.717, 1.165) is 35.2 Å². The Morgan fingerprint density at radius 3 is 2.36 bits per heavy atom. The summed E-state index contributed by atoms with van der Waals surface area (Å²) in [7, 11) is -0.491. The third kappa shape index (κ3) is 5.09. The first-order valence-corrected chi connectivity index (χ1v) is 12.9. The number of carbonyl (C=O) groups excluding carboxylic acids is 1. The molecule has 4 rings (SSSR count). The highest BCUT2D eigenvalue weighted by Crippen LogP contribution is 2.29. The molecular weight excluding hydrogens is 434 g/mol. The molecule has 1 heterocycles. The van der Waals surface area contributed by atoms with Gasteiger partial charge in [-0.05, 0) is 48.9 Å². The Hall–Kier alpha value is -2.77. The fraction of sp³-hybridized carbons (Fsp3) is 0.385. The number of pyridine rings is 1. The summed E-state index contributed by atoms with van der Waals surface area (Å²) in [5.41, 5.74) is 2.72. The number of rotatable bonds is 6. The summed E-state index contributed by atoms with van der Waals surface area (Å²) in [6.45, 7) is 2.98. The number of nitrogens with one attached hydrogen (secondary N) is 1. The average molecular weight is 466 g/mol. The second-order valence-electron chi connectivity index (χ2n) is 9.22. The van der Waals surface area contributed by atoms with Crippen molar-refractivity contribution in [3.63, 3.8) is 0 Å². The Bertz CT molecular complexity index is 1250. The molecule has 3 aromatic rings. The number of para-hydroxylation sites is 1. The first-order chi connectivity index (χ1) is 15.8. The minimum Gasteiger partial charge on any atom is -0.352 e. The summed E-state index contributed by atoms with van der Waals surface area (Å²) in [5.74, 6) is 1.21. The lowest BCUT2D eigenvalue weighted by Crippen LogP contribution is -2.31. The molecule has 1 aromatic heterocycles. The van der Waals surface area contributed by atoms with E-state index < -0.39 is 10.0 Å². The number of sulfonamides is 1. The number of hydrogen-bond acceptors (Lipinski definition) is 4. The molecule has 1 saturated carbocycles. The summed E-state index contributed by atoms with van der Waals surface area (Å²) in [6.07, 6.45) is 4.77. The van der Waals surface area contributed by atoms with Crippen LogP contribution in [0.15, 0.2) is 59.5 Å². The van der Waals surface area contributed by atoms with E-state index in [0.29, 0.717) is 23.7 Å². The summed E-state index contributed by atoms with van der Waals surface area (Å²) in [4.78, 5) is 18.1. The maximum Gasteiger partial charge on any atom is 0.252 e. The van der Waals surface area contributed by atoms with Crippen molar-refractivity contribution in [3.05, 3.63) is 60.2 Å². The van der Waals surface area contributed by atoms with E-state index in [1.165, 1.54) is 31.2 Å². The average Bonchev–Trinajstić information content (AvgIpc) is 2.82. The molecule has 6 nitrogen and oxygen atoms in total. The molecule has 1 amide bonds. The van der Waals surface area contributed by atoms with Crippen molar-refractivity contribution >= 4 is 26.8 Å². The molecule has 1 fully saturated rings. The van der Waals surface area contributed by atoms with E-state index in [2.05, 4.69) is 12.2 Å². The van der Waals surface area contributed by atoms with Crippen molar-refractivity contribution < 1.29 is 13.2 Å². The molecule has 174 valence electrons. The van der Waals surface area contributed by atoms with Gasteiger partial charge >= 0.3 is 0 Å². The summed E-state index contributed by atoms with van der Waals surface area (Å²) >= 11 is 0. The van der Waals surface area contributed by atoms with E-state index in [4.69, 9.17) is 4.98 Å². The van der Waals surface area contributed by atoms with Crippen molar-refractivity contribution in [1.29, 1.82) is 0 Å². The van der Waals surface area contributed by atoms with Gasteiger partial charge < -0.3 is 5.32 Å². The number of benzene rings is 2. The SMILES string of the molecule is CC1CCC(CNC(=O)c2cc(-c3ccc(S(=O)(=O)N(C)C)cc3)nc3ccccc23)CC1. The molecule has 0 bridgehead atoms. The predicted molar refractivity (Wildman–Crippen MR) is 132 cm³/mol. The second kappa shape index (κ2) is 9.61. The van der Waals surface area contributed by atoms with Gasteiger partial charge in [-0.15, -0.1) is 0 Å². The van der Waals surface area contributed by atoms with Gasteiger partial charge in [0.25, 0.3) is 5.91 Å². The molecule has 33 heavy (non-hydrogen) atoms. The van der Waals surface area contributed by atoms with Crippen molar-refractivity contribution in [3.8, 4) is 11.3 Å². The maximum absolute atomic E-state index is 13.2. The minimum absolute atomic E-state index is 0.0970. The van der Waals surface area contributed by atoms with Crippen molar-refractivity contribution in [2.24, 2.45) is 11.8 Å². The Labute approximate surface area is 196 Å². The highest BCUT2D eigenvalue weighted by atomic mass is 32.2. The molecule has 1 aliphatic rings. The van der Waals surface area contributed by atoms with Crippen LogP contribution < -0.4 is 5.32 Å². The van der Waals surface area contributed by atoms with Crippen molar-refractivity contribution in [1.82, 2.24) is 14.6 Å². The summed E-state index contributed by atoms with van der Waals surface area (Å²) in [5, 5.41) is 3.95. The Morgan fingerprint density at radius 1 is 1.03 bits per heavy atom. The highest BCUT2D eigenvalue weighted by molar-refractivity contribution is 7.89. The first kappa shape index (κ1) is 23.4. The van der Waals surface area contributed by atoms with Crippen molar-refractivity contribution in [2.45, 2.75) is 37.5 Å². The van der Waals surface area contributed by atoms with Gasteiger partial charge in [-0.3, -0.25) is 4.79 Å². The van der Waals surface area contributed by atoms with Crippen LogP contribution in [0.4, 0.5) is 0 Å². The molecule has 7 heteroatoms. The molecule has 0 aliphatic heterocycles. The van der Waals surface area contributed by atoms with Gasteiger partial charge in [0.05, 0.1) is 21.7 Å². The van der Waals surface area contributed by atoms with Crippen LogP contribution in [0.2, 0.25) is 0 Å². The largest absolute Gasteiger partial charge is 0.352 e. The zero-order valence-corrected chi connectivity index (χ0v) is 20.2. The molecule has 2 aromatic carbocycles. The minimum atomic E-state index is -3.50. The van der Waals surface area contributed by atoms with E-state index >= 15 is 0 Å². The third-order valence-corrected chi connectivity index (χ3v) is 8.41. The van der Waals surface area contributed by atoms with E-state index in [1.54, 1.807) is 30.3 Å². The van der Waals surface area contributed by atoms with Gasteiger partial charge in [-0.2, -0.15) is 0 Å². The third-order valence-electron chi connectivity index (χ3n) is 6.58. The standard InChI is InChI=1S/C26H31N3O3S/c1-18-8-10-19(11-9-18)17-27-26(30)23-16-25(28-24-7-5-4-6-22(23)24)20-12-14-21(15-13-20)33(31,32)29(2)3/h4-7,12-16,18-19H,8-11,17H2,1-3H3,(H,27,30). The lowest BCUT2D eigenvalue weighted by molar-refractivity contribution is 0.0943. The first-order valence-electron chi connectivity index (χ1n) is 11.5. The molecule has 1 N–H and O–H groups in total. The molecule has 0 atom stereocenters. The monoisotopic (exact) mass is 465 g/mol. The van der Waals surface area contributed by atoms with Crippen LogP contribution in [-0.2, 0) is 10.0 Å². The van der Waals surface area contributed by atoms with Crippen LogP contribution in [-0.4, -0.2) is 44.3 Å². The number of amides is 1. The summed E-state index contributed by atoms with van der Waals surface area (Å²) < 4.78 is 25.9. The van der Waals surface area contributed by atoms with Crippen LogP contribution >= 0.6 is 0 Å². The van der Waals surface area contributed by atoms with Gasteiger partial charge in [0.1, 0.15) is 0 Å². The lowest BCUT2D eigenvalue weighted by Gasteiger charge is -2.26. The maximum atomic E-state index is 13.2. The fourth-order valence-corrected chi connectivity index (χ4v) is 5.29. The summed E-state index contributed by atoms with van der Waals surface area (Å²) in [6, 6.07) is 16.0. The molecule has 0 saturated heterocycles. The number of fused-ring (bicyclic) bond motifs is 1. The number of nitrogens with zero attached hydrogens (tertiary/aromatic N) is 2. The van der Waals surface area contributed by atoms with Gasteiger partial charge in [0, 0.05) is 31.6 Å². The molecular formula is C26H31N3O3S. The Morgan fingerprint density at radius 2 is 1.70 bits per heavy atom. The van der Waals surface area contributed by atoms with Crippen LogP contribution in [0, 0.1) is 11.8 Å². The lowest BCUT2D eigenvalue weighted by atomic mass is 9.83. The molecule has 0 unspecified atom stereocenters. The topological polar surface area (TPSA) is 79.4 Å². The van der Waals surface area contributed by atoms with E-state index in [9.17, 15) is 13.2 Å². The number of hydrogen-bond donors (Lipinski definition) is 1. The highest BCUT2D eigenvalue weighted by Gasteiger charge is 2.21. The van der Waals surface area contributed by atoms with Crippen LogP contribution in [0.3, 0.4) is 0 Å². The number of carbonyl (C=O) groups is 1. The normalized spacial score (nSPS) is 19.0.